The fraction of sp³-hybridized carbons (Fsp3) is 0.850. The molecule has 2 rings (SSSR count). The molecule has 5 atom stereocenters. The quantitative estimate of drug-likeness (QED) is 0.725. The largest absolute Gasteiger partial charge is 0.481 e. The van der Waals surface area contributed by atoms with Crippen molar-refractivity contribution in [2.75, 3.05) is 0 Å². The molecule has 0 aromatic heterocycles. The second-order valence-corrected chi connectivity index (χ2v) is 8.95. The number of rotatable bonds is 5. The van der Waals surface area contributed by atoms with E-state index < -0.39 is 5.97 Å². The number of fused-ring (bicyclic) bond motifs is 1. The fourth-order valence-corrected chi connectivity index (χ4v) is 5.44. The number of aliphatic hydroxyl groups excluding tert-OH is 1. The third-order valence-electron chi connectivity index (χ3n) is 7.00. The highest BCUT2D eigenvalue weighted by Gasteiger charge is 2.54. The third kappa shape index (κ3) is 3.50. The van der Waals surface area contributed by atoms with Crippen molar-refractivity contribution in [1.82, 2.24) is 0 Å². The normalized spacial score (nSPS) is 37.7. The van der Waals surface area contributed by atoms with Crippen LogP contribution in [0.1, 0.15) is 73.1 Å². The zero-order valence-corrected chi connectivity index (χ0v) is 15.4. The van der Waals surface area contributed by atoms with E-state index in [1.54, 1.807) is 0 Å². The highest BCUT2D eigenvalue weighted by molar-refractivity contribution is 5.66. The molecule has 132 valence electrons. The lowest BCUT2D eigenvalue weighted by Crippen LogP contribution is -2.54. The maximum absolute atomic E-state index is 10.9. The molecule has 0 aromatic rings. The van der Waals surface area contributed by atoms with Crippen molar-refractivity contribution >= 4 is 5.97 Å². The van der Waals surface area contributed by atoms with Gasteiger partial charge in [-0.2, -0.15) is 0 Å². The molecule has 0 heterocycles. The minimum atomic E-state index is -0.695. The van der Waals surface area contributed by atoms with Crippen LogP contribution in [0.25, 0.3) is 0 Å². The van der Waals surface area contributed by atoms with E-state index >= 15 is 0 Å². The molecular weight excluding hydrogens is 288 g/mol. The summed E-state index contributed by atoms with van der Waals surface area (Å²) in [6, 6.07) is 0. The van der Waals surface area contributed by atoms with E-state index in [4.69, 9.17) is 5.11 Å². The fourth-order valence-electron chi connectivity index (χ4n) is 5.44. The van der Waals surface area contributed by atoms with Crippen LogP contribution in [0.2, 0.25) is 0 Å². The van der Waals surface area contributed by atoms with Crippen LogP contribution >= 0.6 is 0 Å². The molecule has 2 aliphatic rings. The summed E-state index contributed by atoms with van der Waals surface area (Å²) in [7, 11) is 0. The van der Waals surface area contributed by atoms with E-state index in [-0.39, 0.29) is 29.3 Å². The first-order valence-electron chi connectivity index (χ1n) is 9.15. The maximum atomic E-state index is 10.9. The number of carboxylic acids is 1. The first-order chi connectivity index (χ1) is 10.6. The van der Waals surface area contributed by atoms with Crippen molar-refractivity contribution in [1.29, 1.82) is 0 Å². The maximum Gasteiger partial charge on any atom is 0.303 e. The van der Waals surface area contributed by atoms with Crippen LogP contribution < -0.4 is 0 Å². The van der Waals surface area contributed by atoms with Gasteiger partial charge >= 0.3 is 5.97 Å². The van der Waals surface area contributed by atoms with Crippen LogP contribution in [0.5, 0.6) is 0 Å². The molecule has 0 saturated heterocycles. The molecule has 1 fully saturated rings. The van der Waals surface area contributed by atoms with Crippen LogP contribution in [0, 0.1) is 28.6 Å². The molecule has 0 unspecified atom stereocenters. The van der Waals surface area contributed by atoms with E-state index in [0.717, 1.165) is 32.1 Å². The lowest BCUT2D eigenvalue weighted by Gasteiger charge is -2.58. The average molecular weight is 322 g/mol. The average Bonchev–Trinajstić information content (AvgIpc) is 2.42. The van der Waals surface area contributed by atoms with Gasteiger partial charge < -0.3 is 10.2 Å². The molecule has 3 heteroatoms. The van der Waals surface area contributed by atoms with Crippen molar-refractivity contribution in [3.63, 3.8) is 0 Å². The van der Waals surface area contributed by atoms with Gasteiger partial charge in [0.25, 0.3) is 0 Å². The third-order valence-corrected chi connectivity index (χ3v) is 7.00. The first kappa shape index (κ1) is 18.5. The summed E-state index contributed by atoms with van der Waals surface area (Å²) in [6.07, 6.45) is 7.48. The SMILES string of the molecule is CC1=CC[C@H]2C(C)(C)[C@@H](O)CC[C@]2(C)[C@H]1CC[C@H](C)CC(=O)O. The van der Waals surface area contributed by atoms with Gasteiger partial charge in [0.05, 0.1) is 6.10 Å². The summed E-state index contributed by atoms with van der Waals surface area (Å²) in [4.78, 5) is 10.9. The number of hydrogen-bond donors (Lipinski definition) is 2. The van der Waals surface area contributed by atoms with Gasteiger partial charge in [-0.1, -0.05) is 39.3 Å². The second kappa shape index (κ2) is 6.58. The highest BCUT2D eigenvalue weighted by Crippen LogP contribution is 2.60. The van der Waals surface area contributed by atoms with Crippen molar-refractivity contribution in [3.8, 4) is 0 Å². The summed E-state index contributed by atoms with van der Waals surface area (Å²) in [6.45, 7) is 11.1. The van der Waals surface area contributed by atoms with Gasteiger partial charge in [0.15, 0.2) is 0 Å². The molecule has 3 nitrogen and oxygen atoms in total. The molecule has 1 saturated carbocycles. The Labute approximate surface area is 141 Å². The number of aliphatic carboxylic acids is 1. The van der Waals surface area contributed by atoms with Gasteiger partial charge in [-0.3, -0.25) is 4.79 Å². The standard InChI is InChI=1S/C20H34O3/c1-13(12-18(22)23)6-8-15-14(2)7-9-16-19(3,4)17(21)10-11-20(15,16)5/h7,13,15-17,21H,6,8-12H2,1-5H3,(H,22,23)/t13-,15-,16-,17-,20+/m0/s1. The number of allylic oxidation sites excluding steroid dienone is 2. The van der Waals surface area contributed by atoms with Gasteiger partial charge in [0, 0.05) is 6.42 Å². The van der Waals surface area contributed by atoms with Crippen LogP contribution in [-0.2, 0) is 4.79 Å². The van der Waals surface area contributed by atoms with Crippen LogP contribution in [0.3, 0.4) is 0 Å². The predicted octanol–water partition coefficient (Wildman–Crippen LogP) is 4.65. The molecule has 0 radical (unpaired) electrons. The molecular formula is C20H34O3. The zero-order chi connectivity index (χ0) is 17.4. The van der Waals surface area contributed by atoms with Crippen molar-refractivity contribution in [3.05, 3.63) is 11.6 Å². The summed E-state index contributed by atoms with van der Waals surface area (Å²) in [5, 5.41) is 19.4. The number of carbonyl (C=O) groups is 1. The Morgan fingerprint density at radius 2 is 2.04 bits per heavy atom. The summed E-state index contributed by atoms with van der Waals surface area (Å²) < 4.78 is 0. The number of carboxylic acid groups (broad SMARTS) is 1. The first-order valence-corrected chi connectivity index (χ1v) is 9.15. The zero-order valence-electron chi connectivity index (χ0n) is 15.4. The van der Waals surface area contributed by atoms with Crippen LogP contribution in [-0.4, -0.2) is 22.3 Å². The molecule has 0 spiro atoms. The summed E-state index contributed by atoms with van der Waals surface area (Å²) >= 11 is 0. The Morgan fingerprint density at radius 3 is 2.65 bits per heavy atom. The van der Waals surface area contributed by atoms with Gasteiger partial charge in [0.2, 0.25) is 0 Å². The molecule has 2 aliphatic carbocycles. The number of aliphatic hydroxyl groups is 1. The lowest BCUT2D eigenvalue weighted by molar-refractivity contribution is -0.138. The van der Waals surface area contributed by atoms with Crippen molar-refractivity contribution in [2.45, 2.75) is 79.2 Å². The molecule has 0 amide bonds. The van der Waals surface area contributed by atoms with E-state index in [9.17, 15) is 9.90 Å². The topological polar surface area (TPSA) is 57.5 Å². The number of hydrogen-bond acceptors (Lipinski definition) is 2. The smallest absolute Gasteiger partial charge is 0.303 e. The van der Waals surface area contributed by atoms with Gasteiger partial charge in [-0.05, 0) is 67.6 Å². The Balaban J connectivity index is 2.17. The monoisotopic (exact) mass is 322 g/mol. The molecule has 2 N–H and O–H groups in total. The second-order valence-electron chi connectivity index (χ2n) is 8.95. The Bertz CT molecular complexity index is 479. The summed E-state index contributed by atoms with van der Waals surface area (Å²) in [5.74, 6) is 0.553. The van der Waals surface area contributed by atoms with E-state index in [0.29, 0.717) is 11.8 Å². The minimum absolute atomic E-state index is 0.0465. The van der Waals surface area contributed by atoms with Gasteiger partial charge in [-0.25, -0.2) is 0 Å². The molecule has 0 aromatic carbocycles. The van der Waals surface area contributed by atoms with Crippen molar-refractivity contribution < 1.29 is 15.0 Å². The molecule has 23 heavy (non-hydrogen) atoms. The van der Waals surface area contributed by atoms with Gasteiger partial charge in [0.1, 0.15) is 0 Å². The Hall–Kier alpha value is -0.830. The van der Waals surface area contributed by atoms with Gasteiger partial charge in [-0.15, -0.1) is 0 Å². The predicted molar refractivity (Wildman–Crippen MR) is 93.1 cm³/mol. The minimum Gasteiger partial charge on any atom is -0.481 e. The Kier molecular flexibility index (Phi) is 5.30. The Morgan fingerprint density at radius 1 is 1.39 bits per heavy atom. The highest BCUT2D eigenvalue weighted by atomic mass is 16.4. The molecule has 0 aliphatic heterocycles. The molecule has 0 bridgehead atoms. The van der Waals surface area contributed by atoms with Crippen molar-refractivity contribution in [2.24, 2.45) is 28.6 Å². The lowest BCUT2D eigenvalue weighted by atomic mass is 9.47. The van der Waals surface area contributed by atoms with Crippen LogP contribution in [0.4, 0.5) is 0 Å². The van der Waals surface area contributed by atoms with E-state index in [2.05, 4.69) is 33.8 Å². The van der Waals surface area contributed by atoms with Crippen LogP contribution in [0.15, 0.2) is 11.6 Å². The summed E-state index contributed by atoms with van der Waals surface area (Å²) in [5.41, 5.74) is 1.65. The van der Waals surface area contributed by atoms with E-state index in [1.165, 1.54) is 5.57 Å². The van der Waals surface area contributed by atoms with E-state index in [1.807, 2.05) is 6.92 Å².